The zero-order valence-electron chi connectivity index (χ0n) is 25.4. The lowest BCUT2D eigenvalue weighted by Crippen LogP contribution is -2.54. The molecule has 1 saturated heterocycles. The second-order valence-electron chi connectivity index (χ2n) is 11.4. The first-order chi connectivity index (χ1) is 21.7. The first-order valence-electron chi connectivity index (χ1n) is 14.3. The van der Waals surface area contributed by atoms with Gasteiger partial charge in [-0.3, -0.25) is 14.7 Å². The average molecular weight is 656 g/mol. The van der Waals surface area contributed by atoms with Gasteiger partial charge >= 0.3 is 0 Å². The smallest absolute Gasteiger partial charge is 0.246 e. The summed E-state index contributed by atoms with van der Waals surface area (Å²) in [4.78, 5) is 26.1. The number of nitrogens with two attached hydrogens (primary N) is 1. The fraction of sp³-hybridized carbons (Fsp3) is 0.312. The maximum Gasteiger partial charge on any atom is 0.246 e. The standard InChI is InChI=1S/C32H30ClF4N7O2/c1-6-20(45)43-10-9-42(13-16(43)5)30-17-11-19(33)28(21-22(34)24(36)25(37)26(39)23(21)35)41-31(17)44(32(46)18(30)12-38)29-15(4)7-8-40-27(29)14(2)3/h6-8,11,14,16,32,46H,1,9-10,13,39H2,2-5H3/t16-,32?/m1/s1. The van der Waals surface area contributed by atoms with Crippen LogP contribution < -0.4 is 10.6 Å². The Kier molecular flexibility index (Phi) is 8.72. The van der Waals surface area contributed by atoms with Gasteiger partial charge < -0.3 is 20.6 Å². The molecule has 0 bridgehead atoms. The number of aliphatic hydroxyl groups excluding tert-OH is 1. The number of amides is 1. The zero-order chi connectivity index (χ0) is 33.8. The summed E-state index contributed by atoms with van der Waals surface area (Å²) in [7, 11) is 0. The van der Waals surface area contributed by atoms with Crippen molar-refractivity contribution in [2.24, 2.45) is 0 Å². The molecule has 46 heavy (non-hydrogen) atoms. The SMILES string of the molecule is C=CC(=O)N1CCN(C2=C(C#N)C(O)N(c3c(C)ccnc3C(C)C)c3nc(-c4c(F)c(N)c(F)c(F)c4F)c(Cl)cc32)C[C@H]1C. The summed E-state index contributed by atoms with van der Waals surface area (Å²) >= 11 is 6.60. The van der Waals surface area contributed by atoms with E-state index in [9.17, 15) is 23.9 Å². The van der Waals surface area contributed by atoms with Crippen LogP contribution in [-0.4, -0.2) is 62.7 Å². The molecule has 3 N–H and O–H groups in total. The Balaban J connectivity index is 1.83. The Morgan fingerprint density at radius 1 is 1.22 bits per heavy atom. The van der Waals surface area contributed by atoms with Crippen molar-refractivity contribution in [3.05, 3.63) is 81.7 Å². The highest BCUT2D eigenvalue weighted by molar-refractivity contribution is 6.33. The number of hydrogen-bond acceptors (Lipinski definition) is 8. The van der Waals surface area contributed by atoms with E-state index in [4.69, 9.17) is 17.3 Å². The highest BCUT2D eigenvalue weighted by atomic mass is 35.5. The lowest BCUT2D eigenvalue weighted by atomic mass is 9.94. The normalized spacial score (nSPS) is 18.2. The van der Waals surface area contributed by atoms with Crippen molar-refractivity contribution >= 4 is 40.4 Å². The van der Waals surface area contributed by atoms with Gasteiger partial charge in [0, 0.05) is 37.4 Å². The van der Waals surface area contributed by atoms with Crippen molar-refractivity contribution in [2.75, 3.05) is 30.3 Å². The van der Waals surface area contributed by atoms with Gasteiger partial charge in [-0.15, -0.1) is 0 Å². The predicted molar refractivity (Wildman–Crippen MR) is 166 cm³/mol. The molecule has 2 aliphatic rings. The summed E-state index contributed by atoms with van der Waals surface area (Å²) in [6.07, 6.45) is 1.11. The minimum Gasteiger partial charge on any atom is -0.394 e. The Morgan fingerprint density at radius 2 is 1.91 bits per heavy atom. The maximum atomic E-state index is 15.3. The number of aliphatic hydroxyl groups is 1. The number of rotatable bonds is 5. The van der Waals surface area contributed by atoms with E-state index >= 15 is 8.78 Å². The van der Waals surface area contributed by atoms with Crippen molar-refractivity contribution in [1.29, 1.82) is 5.26 Å². The Morgan fingerprint density at radius 3 is 2.52 bits per heavy atom. The van der Waals surface area contributed by atoms with E-state index in [-0.39, 0.29) is 65.2 Å². The van der Waals surface area contributed by atoms with E-state index in [1.54, 1.807) is 29.0 Å². The molecule has 0 saturated carbocycles. The number of carbonyl (C=O) groups is 1. The van der Waals surface area contributed by atoms with Gasteiger partial charge in [-0.25, -0.2) is 22.5 Å². The minimum absolute atomic E-state index is 0.0822. The quantitative estimate of drug-likeness (QED) is 0.116. The zero-order valence-corrected chi connectivity index (χ0v) is 26.1. The number of nitrogen functional groups attached to an aromatic ring is 1. The molecule has 9 nitrogen and oxygen atoms in total. The molecule has 14 heteroatoms. The third-order valence-corrected chi connectivity index (χ3v) is 8.48. The van der Waals surface area contributed by atoms with Crippen LogP contribution in [0.5, 0.6) is 0 Å². The van der Waals surface area contributed by atoms with Crippen LogP contribution in [0.2, 0.25) is 5.02 Å². The molecular weight excluding hydrogens is 626 g/mol. The predicted octanol–water partition coefficient (Wildman–Crippen LogP) is 5.79. The second-order valence-corrected chi connectivity index (χ2v) is 11.8. The lowest BCUT2D eigenvalue weighted by Gasteiger charge is -2.45. The number of aromatic nitrogens is 2. The van der Waals surface area contributed by atoms with Crippen molar-refractivity contribution in [1.82, 2.24) is 19.8 Å². The summed E-state index contributed by atoms with van der Waals surface area (Å²) in [5.74, 6) is -7.96. The van der Waals surface area contributed by atoms with Crippen LogP contribution in [0.4, 0.5) is 34.8 Å². The minimum atomic E-state index is -2.01. The van der Waals surface area contributed by atoms with Gasteiger partial charge in [-0.05, 0) is 43.5 Å². The van der Waals surface area contributed by atoms with Crippen molar-refractivity contribution in [2.45, 2.75) is 45.9 Å². The number of pyridine rings is 2. The highest BCUT2D eigenvalue weighted by Crippen LogP contribution is 2.48. The molecule has 3 aromatic rings. The van der Waals surface area contributed by atoms with Gasteiger partial charge in [-0.2, -0.15) is 5.26 Å². The molecule has 0 radical (unpaired) electrons. The number of benzene rings is 1. The Hall–Kier alpha value is -4.67. The van der Waals surface area contributed by atoms with Gasteiger partial charge in [0.15, 0.2) is 29.5 Å². The summed E-state index contributed by atoms with van der Waals surface area (Å²) in [5.41, 5.74) is 4.33. The molecule has 2 aromatic heterocycles. The third-order valence-electron chi connectivity index (χ3n) is 8.20. The summed E-state index contributed by atoms with van der Waals surface area (Å²) in [6, 6.07) is 4.75. The van der Waals surface area contributed by atoms with E-state index in [1.807, 2.05) is 20.8 Å². The third kappa shape index (κ3) is 5.11. The number of fused-ring (bicyclic) bond motifs is 1. The topological polar surface area (TPSA) is 123 Å². The molecular formula is C32H30ClF4N7O2. The van der Waals surface area contributed by atoms with Gasteiger partial charge in [0.2, 0.25) is 5.91 Å². The molecule has 4 heterocycles. The van der Waals surface area contributed by atoms with Crippen molar-refractivity contribution in [3.63, 3.8) is 0 Å². The Labute approximate surface area is 267 Å². The fourth-order valence-electron chi connectivity index (χ4n) is 5.98. The molecule has 1 amide bonds. The highest BCUT2D eigenvalue weighted by Gasteiger charge is 2.41. The maximum absolute atomic E-state index is 15.3. The first-order valence-corrected chi connectivity index (χ1v) is 14.7. The number of piperazine rings is 1. The van der Waals surface area contributed by atoms with Crippen LogP contribution in [0.3, 0.4) is 0 Å². The van der Waals surface area contributed by atoms with E-state index in [0.717, 1.165) is 0 Å². The van der Waals surface area contributed by atoms with Crippen LogP contribution in [0.25, 0.3) is 17.0 Å². The Bertz CT molecular complexity index is 1830. The lowest BCUT2D eigenvalue weighted by molar-refractivity contribution is -0.129. The molecule has 1 fully saturated rings. The van der Waals surface area contributed by atoms with E-state index in [1.165, 1.54) is 17.0 Å². The number of halogens is 5. The number of nitriles is 1. The largest absolute Gasteiger partial charge is 0.394 e. The molecule has 0 aliphatic carbocycles. The van der Waals surface area contributed by atoms with Crippen LogP contribution in [-0.2, 0) is 4.79 Å². The summed E-state index contributed by atoms with van der Waals surface area (Å²) in [6.45, 7) is 11.6. The van der Waals surface area contributed by atoms with Crippen LogP contribution in [0.1, 0.15) is 43.5 Å². The molecule has 240 valence electrons. The van der Waals surface area contributed by atoms with Crippen LogP contribution in [0, 0.1) is 41.5 Å². The fourth-order valence-corrected chi connectivity index (χ4v) is 6.22. The molecule has 1 aromatic carbocycles. The number of aryl methyl sites for hydroxylation is 1. The number of carbonyl (C=O) groups excluding carboxylic acids is 1. The summed E-state index contributed by atoms with van der Waals surface area (Å²) in [5, 5.41) is 22.0. The molecule has 2 aliphatic heterocycles. The monoisotopic (exact) mass is 655 g/mol. The van der Waals surface area contributed by atoms with Gasteiger partial charge in [0.25, 0.3) is 0 Å². The van der Waals surface area contributed by atoms with Gasteiger partial charge in [0.1, 0.15) is 23.1 Å². The van der Waals surface area contributed by atoms with Crippen LogP contribution >= 0.6 is 11.6 Å². The van der Waals surface area contributed by atoms with Gasteiger partial charge in [0.05, 0.1) is 33.4 Å². The molecule has 2 atom stereocenters. The molecule has 0 spiro atoms. The van der Waals surface area contributed by atoms with Crippen molar-refractivity contribution < 1.29 is 27.5 Å². The molecule has 1 unspecified atom stereocenters. The van der Waals surface area contributed by atoms with E-state index in [0.29, 0.717) is 16.9 Å². The second kappa shape index (κ2) is 12.3. The first kappa shape index (κ1) is 32.7. The van der Waals surface area contributed by atoms with Gasteiger partial charge in [-0.1, -0.05) is 32.0 Å². The van der Waals surface area contributed by atoms with Crippen LogP contribution in [0.15, 0.2) is 36.6 Å². The number of hydrogen-bond donors (Lipinski definition) is 2. The van der Waals surface area contributed by atoms with Crippen molar-refractivity contribution in [3.8, 4) is 17.3 Å². The number of nitrogens with zero attached hydrogens (tertiary/aromatic N) is 6. The van der Waals surface area contributed by atoms with E-state index in [2.05, 4.69) is 22.6 Å². The number of anilines is 3. The summed E-state index contributed by atoms with van der Waals surface area (Å²) < 4.78 is 59.2. The van der Waals surface area contributed by atoms with E-state index < -0.39 is 46.4 Å². The average Bonchev–Trinajstić information content (AvgIpc) is 3.02. The molecule has 5 rings (SSSR count).